The summed E-state index contributed by atoms with van der Waals surface area (Å²) in [6.45, 7) is 3.63. The predicted molar refractivity (Wildman–Crippen MR) is 65.3 cm³/mol. The minimum absolute atomic E-state index is 0.666. The molecule has 84 valence electrons. The molecule has 1 heterocycles. The van der Waals surface area contributed by atoms with Crippen molar-refractivity contribution >= 4 is 0 Å². The number of rotatable bonds is 4. The van der Waals surface area contributed by atoms with E-state index < -0.39 is 0 Å². The normalized spacial score (nSPS) is 10.6. The molecule has 0 saturated heterocycles. The SMILES string of the molecule is Cc1ccc(Cn2cncc2CCN)cc1. The van der Waals surface area contributed by atoms with Gasteiger partial charge in [-0.25, -0.2) is 4.98 Å². The number of hydrogen-bond acceptors (Lipinski definition) is 2. The fourth-order valence-electron chi connectivity index (χ4n) is 1.74. The summed E-state index contributed by atoms with van der Waals surface area (Å²) in [5.41, 5.74) is 9.34. The van der Waals surface area contributed by atoms with Gasteiger partial charge in [0.25, 0.3) is 0 Å². The molecule has 0 aliphatic rings. The molecular formula is C13H17N3. The molecule has 0 saturated carbocycles. The monoisotopic (exact) mass is 215 g/mol. The fraction of sp³-hybridized carbons (Fsp3) is 0.308. The van der Waals surface area contributed by atoms with Crippen LogP contribution >= 0.6 is 0 Å². The van der Waals surface area contributed by atoms with Crippen LogP contribution in [0.4, 0.5) is 0 Å². The molecule has 16 heavy (non-hydrogen) atoms. The maximum atomic E-state index is 5.56. The zero-order valence-corrected chi connectivity index (χ0v) is 9.56. The minimum atomic E-state index is 0.666. The Balaban J connectivity index is 2.13. The molecule has 0 aliphatic carbocycles. The van der Waals surface area contributed by atoms with Crippen LogP contribution in [0, 0.1) is 6.92 Å². The summed E-state index contributed by atoms with van der Waals surface area (Å²) in [6, 6.07) is 8.58. The van der Waals surface area contributed by atoms with E-state index in [-0.39, 0.29) is 0 Å². The molecule has 3 heteroatoms. The van der Waals surface area contributed by atoms with E-state index >= 15 is 0 Å². The lowest BCUT2D eigenvalue weighted by molar-refractivity contribution is 0.733. The van der Waals surface area contributed by atoms with Crippen molar-refractivity contribution in [3.8, 4) is 0 Å². The van der Waals surface area contributed by atoms with E-state index in [4.69, 9.17) is 5.73 Å². The van der Waals surface area contributed by atoms with E-state index in [0.29, 0.717) is 6.54 Å². The third-order valence-electron chi connectivity index (χ3n) is 2.67. The number of aryl methyl sites for hydroxylation is 1. The van der Waals surface area contributed by atoms with E-state index in [9.17, 15) is 0 Å². The Hall–Kier alpha value is -1.61. The second-order valence-corrected chi connectivity index (χ2v) is 4.04. The van der Waals surface area contributed by atoms with Gasteiger partial charge < -0.3 is 10.3 Å². The van der Waals surface area contributed by atoms with Gasteiger partial charge in [-0.2, -0.15) is 0 Å². The highest BCUT2D eigenvalue weighted by Crippen LogP contribution is 2.08. The lowest BCUT2D eigenvalue weighted by Gasteiger charge is -2.07. The minimum Gasteiger partial charge on any atom is -0.330 e. The first-order chi connectivity index (χ1) is 7.79. The lowest BCUT2D eigenvalue weighted by atomic mass is 10.1. The number of nitrogens with zero attached hydrogens (tertiary/aromatic N) is 2. The molecule has 0 unspecified atom stereocenters. The maximum absolute atomic E-state index is 5.56. The molecule has 0 aliphatic heterocycles. The summed E-state index contributed by atoms with van der Waals surface area (Å²) in [5.74, 6) is 0. The highest BCUT2D eigenvalue weighted by atomic mass is 15.0. The third kappa shape index (κ3) is 2.49. The highest BCUT2D eigenvalue weighted by molar-refractivity contribution is 5.22. The number of imidazole rings is 1. The van der Waals surface area contributed by atoms with Gasteiger partial charge in [-0.1, -0.05) is 29.8 Å². The van der Waals surface area contributed by atoms with Crippen molar-refractivity contribution in [3.05, 3.63) is 53.6 Å². The topological polar surface area (TPSA) is 43.8 Å². The second kappa shape index (κ2) is 4.94. The van der Waals surface area contributed by atoms with E-state index in [1.54, 1.807) is 0 Å². The maximum Gasteiger partial charge on any atom is 0.0951 e. The van der Waals surface area contributed by atoms with Crippen molar-refractivity contribution in [3.63, 3.8) is 0 Å². The molecule has 2 aromatic rings. The standard InChI is InChI=1S/C13H17N3/c1-11-2-4-12(5-3-11)9-16-10-15-8-13(16)6-7-14/h2-5,8,10H,6-7,9,14H2,1H3. The van der Waals surface area contributed by atoms with E-state index in [2.05, 4.69) is 40.7 Å². The number of benzene rings is 1. The van der Waals surface area contributed by atoms with Crippen LogP contribution in [0.25, 0.3) is 0 Å². The van der Waals surface area contributed by atoms with Gasteiger partial charge in [0.05, 0.1) is 6.33 Å². The van der Waals surface area contributed by atoms with E-state index in [1.165, 1.54) is 16.8 Å². The molecule has 2 N–H and O–H groups in total. The average Bonchev–Trinajstić information content (AvgIpc) is 2.70. The Bertz CT molecular complexity index is 442. The van der Waals surface area contributed by atoms with Crippen molar-refractivity contribution in [1.29, 1.82) is 0 Å². The number of nitrogens with two attached hydrogens (primary N) is 1. The van der Waals surface area contributed by atoms with Gasteiger partial charge in [-0.15, -0.1) is 0 Å². The van der Waals surface area contributed by atoms with Crippen LogP contribution in [0.15, 0.2) is 36.8 Å². The second-order valence-electron chi connectivity index (χ2n) is 4.04. The Morgan fingerprint density at radius 2 is 2.00 bits per heavy atom. The summed E-state index contributed by atoms with van der Waals surface area (Å²) in [6.07, 6.45) is 4.64. The van der Waals surface area contributed by atoms with Crippen molar-refractivity contribution in [2.75, 3.05) is 6.54 Å². The van der Waals surface area contributed by atoms with Gasteiger partial charge in [0.1, 0.15) is 0 Å². The molecule has 1 aromatic heterocycles. The first kappa shape index (κ1) is 10.9. The molecule has 0 bridgehead atoms. The van der Waals surface area contributed by atoms with Gasteiger partial charge in [0, 0.05) is 24.9 Å². The fourth-order valence-corrected chi connectivity index (χ4v) is 1.74. The molecule has 0 fully saturated rings. The zero-order valence-electron chi connectivity index (χ0n) is 9.56. The molecule has 0 radical (unpaired) electrons. The smallest absolute Gasteiger partial charge is 0.0951 e. The summed E-state index contributed by atoms with van der Waals surface area (Å²) >= 11 is 0. The van der Waals surface area contributed by atoms with E-state index in [1.807, 2.05) is 12.5 Å². The predicted octanol–water partition coefficient (Wildman–Crippen LogP) is 1.74. The first-order valence-corrected chi connectivity index (χ1v) is 5.54. The molecule has 2 rings (SSSR count). The van der Waals surface area contributed by atoms with Gasteiger partial charge in [0.15, 0.2) is 0 Å². The molecule has 3 nitrogen and oxygen atoms in total. The first-order valence-electron chi connectivity index (χ1n) is 5.54. The van der Waals surface area contributed by atoms with Crippen LogP contribution in [0.5, 0.6) is 0 Å². The Labute approximate surface area is 95.9 Å². The van der Waals surface area contributed by atoms with Crippen LogP contribution in [0.3, 0.4) is 0 Å². The van der Waals surface area contributed by atoms with Gasteiger partial charge in [0.2, 0.25) is 0 Å². The summed E-state index contributed by atoms with van der Waals surface area (Å²) in [7, 11) is 0. The summed E-state index contributed by atoms with van der Waals surface area (Å²) < 4.78 is 2.15. The van der Waals surface area contributed by atoms with Crippen molar-refractivity contribution in [2.45, 2.75) is 19.9 Å². The summed E-state index contributed by atoms with van der Waals surface area (Å²) in [5, 5.41) is 0. The largest absolute Gasteiger partial charge is 0.330 e. The van der Waals surface area contributed by atoms with Crippen molar-refractivity contribution in [1.82, 2.24) is 9.55 Å². The molecule has 0 spiro atoms. The lowest BCUT2D eigenvalue weighted by Crippen LogP contribution is -2.09. The van der Waals surface area contributed by atoms with Crippen LogP contribution in [-0.4, -0.2) is 16.1 Å². The van der Waals surface area contributed by atoms with Gasteiger partial charge in [-0.05, 0) is 19.0 Å². The van der Waals surface area contributed by atoms with Crippen LogP contribution in [0.2, 0.25) is 0 Å². The van der Waals surface area contributed by atoms with Gasteiger partial charge >= 0.3 is 0 Å². The zero-order chi connectivity index (χ0) is 11.4. The van der Waals surface area contributed by atoms with Gasteiger partial charge in [-0.3, -0.25) is 0 Å². The average molecular weight is 215 g/mol. The quantitative estimate of drug-likeness (QED) is 0.844. The van der Waals surface area contributed by atoms with Crippen molar-refractivity contribution in [2.24, 2.45) is 5.73 Å². The van der Waals surface area contributed by atoms with Crippen LogP contribution < -0.4 is 5.73 Å². The third-order valence-corrected chi connectivity index (χ3v) is 2.67. The Morgan fingerprint density at radius 3 is 2.69 bits per heavy atom. The molecule has 1 aromatic carbocycles. The molecule has 0 atom stereocenters. The number of hydrogen-bond donors (Lipinski definition) is 1. The Kier molecular flexibility index (Phi) is 3.37. The highest BCUT2D eigenvalue weighted by Gasteiger charge is 2.01. The molecular weight excluding hydrogens is 198 g/mol. The summed E-state index contributed by atoms with van der Waals surface area (Å²) in [4.78, 5) is 4.16. The van der Waals surface area contributed by atoms with Crippen molar-refractivity contribution < 1.29 is 0 Å². The number of aromatic nitrogens is 2. The van der Waals surface area contributed by atoms with Crippen LogP contribution in [0.1, 0.15) is 16.8 Å². The van der Waals surface area contributed by atoms with Crippen LogP contribution in [-0.2, 0) is 13.0 Å². The van der Waals surface area contributed by atoms with E-state index in [0.717, 1.165) is 13.0 Å². The molecule has 0 amide bonds. The Morgan fingerprint density at radius 1 is 1.25 bits per heavy atom.